The van der Waals surface area contributed by atoms with Gasteiger partial charge in [-0.25, -0.2) is 9.18 Å². The second-order valence-corrected chi connectivity index (χ2v) is 4.89. The first-order chi connectivity index (χ1) is 9.02. The SMILES string of the molecule is N#CC1CCN(c2c(F)cc(C(=O)O)cc2Cl)CC1. The van der Waals surface area contributed by atoms with Gasteiger partial charge in [0.1, 0.15) is 5.82 Å². The van der Waals surface area contributed by atoms with Gasteiger partial charge in [-0.2, -0.15) is 5.26 Å². The molecule has 1 aromatic carbocycles. The Kier molecular flexibility index (Phi) is 3.91. The standard InChI is InChI=1S/C13H12ClFN2O2/c14-10-5-9(13(18)19)6-11(15)12(10)17-3-1-8(7-16)2-4-17/h5-6,8H,1-4H2,(H,18,19). The van der Waals surface area contributed by atoms with Gasteiger partial charge in [0.25, 0.3) is 0 Å². The molecule has 4 nitrogen and oxygen atoms in total. The van der Waals surface area contributed by atoms with Gasteiger partial charge < -0.3 is 10.0 Å². The molecule has 1 aliphatic heterocycles. The number of aromatic carboxylic acids is 1. The summed E-state index contributed by atoms with van der Waals surface area (Å²) < 4.78 is 14.0. The van der Waals surface area contributed by atoms with Crippen LogP contribution in [0.3, 0.4) is 0 Å². The summed E-state index contributed by atoms with van der Waals surface area (Å²) >= 11 is 5.97. The van der Waals surface area contributed by atoms with Crippen molar-refractivity contribution in [3.05, 3.63) is 28.5 Å². The van der Waals surface area contributed by atoms with Crippen LogP contribution in [0.4, 0.5) is 10.1 Å². The molecule has 100 valence electrons. The fraction of sp³-hybridized carbons (Fsp3) is 0.385. The molecule has 6 heteroatoms. The monoisotopic (exact) mass is 282 g/mol. The van der Waals surface area contributed by atoms with E-state index in [0.29, 0.717) is 25.9 Å². The molecule has 0 atom stereocenters. The Balaban J connectivity index is 2.27. The van der Waals surface area contributed by atoms with Crippen LogP contribution in [0.2, 0.25) is 5.02 Å². The molecular weight excluding hydrogens is 271 g/mol. The molecule has 1 fully saturated rings. The van der Waals surface area contributed by atoms with Crippen molar-refractivity contribution in [1.82, 2.24) is 0 Å². The second kappa shape index (κ2) is 5.45. The summed E-state index contributed by atoms with van der Waals surface area (Å²) in [5.74, 6) is -1.85. The van der Waals surface area contributed by atoms with Crippen molar-refractivity contribution in [2.45, 2.75) is 12.8 Å². The summed E-state index contributed by atoms with van der Waals surface area (Å²) in [6.45, 7) is 1.09. The Bertz CT molecular complexity index is 525. The predicted octanol–water partition coefficient (Wildman–Crippen LogP) is 2.92. The number of piperidine rings is 1. The molecule has 0 spiro atoms. The lowest BCUT2D eigenvalue weighted by atomic mass is 9.98. The van der Waals surface area contributed by atoms with E-state index in [1.807, 2.05) is 0 Å². The molecule has 1 saturated heterocycles. The van der Waals surface area contributed by atoms with Gasteiger partial charge in [0.05, 0.1) is 22.3 Å². The van der Waals surface area contributed by atoms with E-state index in [0.717, 1.165) is 6.07 Å². The Morgan fingerprint density at radius 1 is 1.47 bits per heavy atom. The maximum Gasteiger partial charge on any atom is 0.335 e. The zero-order valence-corrected chi connectivity index (χ0v) is 10.8. The van der Waals surface area contributed by atoms with E-state index >= 15 is 0 Å². The van der Waals surface area contributed by atoms with Gasteiger partial charge in [-0.3, -0.25) is 0 Å². The lowest BCUT2D eigenvalue weighted by Crippen LogP contribution is -2.34. The maximum atomic E-state index is 14.0. The van der Waals surface area contributed by atoms with E-state index in [1.54, 1.807) is 4.90 Å². The minimum atomic E-state index is -1.21. The van der Waals surface area contributed by atoms with Crippen molar-refractivity contribution in [2.75, 3.05) is 18.0 Å². The third kappa shape index (κ3) is 2.79. The number of nitrogens with zero attached hydrogens (tertiary/aromatic N) is 2. The molecule has 0 saturated carbocycles. The fourth-order valence-corrected chi connectivity index (χ4v) is 2.55. The highest BCUT2D eigenvalue weighted by Gasteiger charge is 2.24. The first-order valence-electron chi connectivity index (χ1n) is 5.90. The van der Waals surface area contributed by atoms with Crippen LogP contribution in [-0.4, -0.2) is 24.2 Å². The number of halogens is 2. The number of carbonyl (C=O) groups is 1. The molecule has 1 N–H and O–H groups in total. The Morgan fingerprint density at radius 2 is 2.11 bits per heavy atom. The van der Waals surface area contributed by atoms with Gasteiger partial charge in [-0.1, -0.05) is 11.6 Å². The highest BCUT2D eigenvalue weighted by molar-refractivity contribution is 6.33. The van der Waals surface area contributed by atoms with Crippen LogP contribution in [0.15, 0.2) is 12.1 Å². The summed E-state index contributed by atoms with van der Waals surface area (Å²) in [5, 5.41) is 17.7. The van der Waals surface area contributed by atoms with E-state index < -0.39 is 11.8 Å². The van der Waals surface area contributed by atoms with Crippen LogP contribution >= 0.6 is 11.6 Å². The van der Waals surface area contributed by atoms with Crippen molar-refractivity contribution >= 4 is 23.3 Å². The molecule has 1 heterocycles. The Morgan fingerprint density at radius 3 is 2.58 bits per heavy atom. The molecule has 0 unspecified atom stereocenters. The predicted molar refractivity (Wildman–Crippen MR) is 68.9 cm³/mol. The molecule has 1 aliphatic rings. The molecular formula is C13H12ClFN2O2. The first-order valence-corrected chi connectivity index (χ1v) is 6.27. The molecule has 0 amide bonds. The molecule has 1 aromatic rings. The minimum Gasteiger partial charge on any atom is -0.478 e. The molecule has 0 aliphatic carbocycles. The topological polar surface area (TPSA) is 64.3 Å². The van der Waals surface area contributed by atoms with Crippen molar-refractivity contribution in [3.8, 4) is 6.07 Å². The lowest BCUT2D eigenvalue weighted by molar-refractivity contribution is 0.0696. The summed E-state index contributed by atoms with van der Waals surface area (Å²) in [4.78, 5) is 12.6. The van der Waals surface area contributed by atoms with Crippen LogP contribution in [-0.2, 0) is 0 Å². The minimum absolute atomic E-state index is 0.00335. The van der Waals surface area contributed by atoms with Crippen LogP contribution in [0.25, 0.3) is 0 Å². The molecule has 19 heavy (non-hydrogen) atoms. The number of carboxylic acid groups (broad SMARTS) is 1. The van der Waals surface area contributed by atoms with Gasteiger partial charge in [0.2, 0.25) is 0 Å². The van der Waals surface area contributed by atoms with Crippen molar-refractivity contribution in [2.24, 2.45) is 5.92 Å². The molecule has 0 aromatic heterocycles. The Labute approximate surface area is 115 Å². The summed E-state index contributed by atoms with van der Waals surface area (Å²) in [7, 11) is 0. The molecule has 0 bridgehead atoms. The van der Waals surface area contributed by atoms with E-state index in [1.165, 1.54) is 6.07 Å². The smallest absolute Gasteiger partial charge is 0.335 e. The number of anilines is 1. The normalized spacial score (nSPS) is 16.2. The number of benzene rings is 1. The van der Waals surface area contributed by atoms with Crippen LogP contribution in [0.5, 0.6) is 0 Å². The summed E-state index contributed by atoms with van der Waals surface area (Å²) in [6, 6.07) is 4.42. The number of hydrogen-bond donors (Lipinski definition) is 1. The van der Waals surface area contributed by atoms with E-state index in [4.69, 9.17) is 22.0 Å². The quantitative estimate of drug-likeness (QED) is 0.906. The highest BCUT2D eigenvalue weighted by atomic mass is 35.5. The van der Waals surface area contributed by atoms with E-state index in [2.05, 4.69) is 6.07 Å². The highest BCUT2D eigenvalue weighted by Crippen LogP contribution is 2.33. The fourth-order valence-electron chi connectivity index (χ4n) is 2.22. The average Bonchev–Trinajstić information content (AvgIpc) is 2.38. The van der Waals surface area contributed by atoms with Gasteiger partial charge in [0.15, 0.2) is 0 Å². The van der Waals surface area contributed by atoms with Crippen molar-refractivity contribution < 1.29 is 14.3 Å². The van der Waals surface area contributed by atoms with Gasteiger partial charge in [0, 0.05) is 19.0 Å². The van der Waals surface area contributed by atoms with Gasteiger partial charge in [-0.05, 0) is 25.0 Å². The Hall–Kier alpha value is -1.80. The number of carboxylic acids is 1. The average molecular weight is 283 g/mol. The van der Waals surface area contributed by atoms with Gasteiger partial charge in [-0.15, -0.1) is 0 Å². The lowest BCUT2D eigenvalue weighted by Gasteiger charge is -2.32. The van der Waals surface area contributed by atoms with Crippen LogP contribution in [0, 0.1) is 23.1 Å². The zero-order valence-electron chi connectivity index (χ0n) is 10.1. The zero-order chi connectivity index (χ0) is 14.0. The number of rotatable bonds is 2. The largest absolute Gasteiger partial charge is 0.478 e. The van der Waals surface area contributed by atoms with Crippen LogP contribution < -0.4 is 4.90 Å². The second-order valence-electron chi connectivity index (χ2n) is 4.48. The molecule has 2 rings (SSSR count). The summed E-state index contributed by atoms with van der Waals surface area (Å²) in [6.07, 6.45) is 1.32. The number of hydrogen-bond acceptors (Lipinski definition) is 3. The third-order valence-corrected chi connectivity index (χ3v) is 3.55. The third-order valence-electron chi connectivity index (χ3n) is 3.26. The van der Waals surface area contributed by atoms with Gasteiger partial charge >= 0.3 is 5.97 Å². The van der Waals surface area contributed by atoms with Crippen molar-refractivity contribution in [1.29, 1.82) is 5.26 Å². The van der Waals surface area contributed by atoms with E-state index in [9.17, 15) is 9.18 Å². The number of nitriles is 1. The van der Waals surface area contributed by atoms with Crippen LogP contribution in [0.1, 0.15) is 23.2 Å². The van der Waals surface area contributed by atoms with Crippen molar-refractivity contribution in [3.63, 3.8) is 0 Å². The maximum absolute atomic E-state index is 14.0. The first kappa shape index (κ1) is 13.6. The molecule has 0 radical (unpaired) electrons. The van der Waals surface area contributed by atoms with E-state index in [-0.39, 0.29) is 22.2 Å². The summed E-state index contributed by atoms with van der Waals surface area (Å²) in [5.41, 5.74) is 0.0567.